The van der Waals surface area contributed by atoms with Crippen LogP contribution in [-0.4, -0.2) is 0 Å². The third kappa shape index (κ3) is 2.45. The molecule has 0 aliphatic carbocycles. The highest BCUT2D eigenvalue weighted by Crippen LogP contribution is 2.26. The standard InChI is InChI=1S/C18H16N/c1-13-3-7-15(8-4-13)17-11-12-18(19-17)16-9-5-14(2)6-10-16/h3-12H,1-2H3. The first-order valence-corrected chi connectivity index (χ1v) is 6.50. The highest BCUT2D eigenvalue weighted by Gasteiger charge is 2.12. The summed E-state index contributed by atoms with van der Waals surface area (Å²) in [5, 5.41) is 4.71. The van der Waals surface area contributed by atoms with Gasteiger partial charge in [0.05, 0.1) is 11.4 Å². The lowest BCUT2D eigenvalue weighted by Crippen LogP contribution is -1.99. The molecule has 1 radical (unpaired) electrons. The van der Waals surface area contributed by atoms with E-state index in [1.165, 1.54) is 22.3 Å². The molecule has 1 heteroatoms. The molecule has 2 aromatic rings. The molecule has 19 heavy (non-hydrogen) atoms. The Kier molecular flexibility index (Phi) is 2.96. The van der Waals surface area contributed by atoms with Crippen LogP contribution in [0.25, 0.3) is 11.4 Å². The summed E-state index contributed by atoms with van der Waals surface area (Å²) in [5.41, 5.74) is 6.96. The maximum Gasteiger partial charge on any atom is 0.0710 e. The predicted molar refractivity (Wildman–Crippen MR) is 80.4 cm³/mol. The van der Waals surface area contributed by atoms with E-state index in [1.807, 2.05) is 0 Å². The van der Waals surface area contributed by atoms with Crippen LogP contribution in [-0.2, 0) is 0 Å². The average Bonchev–Trinajstić information content (AvgIpc) is 2.90. The summed E-state index contributed by atoms with van der Waals surface area (Å²) in [6.45, 7) is 4.19. The van der Waals surface area contributed by atoms with E-state index in [2.05, 4.69) is 74.5 Å². The lowest BCUT2D eigenvalue weighted by atomic mass is 10.1. The zero-order valence-electron chi connectivity index (χ0n) is 11.2. The SMILES string of the molecule is Cc1ccc(C2=CC=C(c3ccc(C)cc3)[N]2)cc1. The third-order valence-electron chi connectivity index (χ3n) is 3.33. The van der Waals surface area contributed by atoms with Crippen LogP contribution in [0.3, 0.4) is 0 Å². The van der Waals surface area contributed by atoms with Crippen LogP contribution in [0.15, 0.2) is 60.7 Å². The fraction of sp³-hybridized carbons (Fsp3) is 0.111. The van der Waals surface area contributed by atoms with Crippen molar-refractivity contribution in [3.63, 3.8) is 0 Å². The van der Waals surface area contributed by atoms with Gasteiger partial charge in [-0.2, -0.15) is 0 Å². The van der Waals surface area contributed by atoms with Crippen LogP contribution < -0.4 is 5.32 Å². The second-order valence-corrected chi connectivity index (χ2v) is 4.95. The van der Waals surface area contributed by atoms with Gasteiger partial charge >= 0.3 is 0 Å². The molecule has 1 aliphatic heterocycles. The second kappa shape index (κ2) is 4.77. The highest BCUT2D eigenvalue weighted by atomic mass is 14.9. The molecule has 3 rings (SSSR count). The molecule has 0 saturated carbocycles. The number of hydrogen-bond acceptors (Lipinski definition) is 0. The zero-order chi connectivity index (χ0) is 13.2. The van der Waals surface area contributed by atoms with E-state index < -0.39 is 0 Å². The number of aryl methyl sites for hydroxylation is 2. The van der Waals surface area contributed by atoms with Crippen LogP contribution in [0, 0.1) is 13.8 Å². The lowest BCUT2D eigenvalue weighted by Gasteiger charge is -2.07. The molecule has 1 heterocycles. The quantitative estimate of drug-likeness (QED) is 0.750. The molecule has 93 valence electrons. The molecule has 0 N–H and O–H groups in total. The molecular weight excluding hydrogens is 230 g/mol. The van der Waals surface area contributed by atoms with Crippen molar-refractivity contribution in [2.45, 2.75) is 13.8 Å². The van der Waals surface area contributed by atoms with Gasteiger partial charge in [-0.05, 0) is 26.0 Å². The van der Waals surface area contributed by atoms with Gasteiger partial charge in [0.1, 0.15) is 0 Å². The normalized spacial score (nSPS) is 13.8. The molecule has 0 fully saturated rings. The van der Waals surface area contributed by atoms with E-state index in [0.29, 0.717) is 0 Å². The first-order valence-electron chi connectivity index (χ1n) is 6.50. The number of benzene rings is 2. The number of allylic oxidation sites excluding steroid dienone is 2. The monoisotopic (exact) mass is 246 g/mol. The molecule has 0 aromatic heterocycles. The Balaban J connectivity index is 1.78. The summed E-state index contributed by atoms with van der Waals surface area (Å²) >= 11 is 0. The maximum atomic E-state index is 4.71. The van der Waals surface area contributed by atoms with E-state index in [4.69, 9.17) is 5.32 Å². The zero-order valence-corrected chi connectivity index (χ0v) is 11.2. The molecule has 0 bridgehead atoms. The molecule has 0 saturated heterocycles. The minimum atomic E-state index is 1.04. The Morgan fingerprint density at radius 3 is 1.32 bits per heavy atom. The van der Waals surface area contributed by atoms with Crippen molar-refractivity contribution in [2.75, 3.05) is 0 Å². The number of hydrogen-bond donors (Lipinski definition) is 0. The van der Waals surface area contributed by atoms with Crippen LogP contribution in [0.2, 0.25) is 0 Å². The molecule has 0 amide bonds. The Bertz CT molecular complexity index is 584. The van der Waals surface area contributed by atoms with Crippen LogP contribution in [0.4, 0.5) is 0 Å². The number of rotatable bonds is 2. The van der Waals surface area contributed by atoms with Gasteiger partial charge in [-0.1, -0.05) is 59.7 Å². The first-order chi connectivity index (χ1) is 9.22. The van der Waals surface area contributed by atoms with Crippen molar-refractivity contribution in [3.8, 4) is 0 Å². The van der Waals surface area contributed by atoms with Crippen molar-refractivity contribution in [1.82, 2.24) is 5.32 Å². The molecule has 0 unspecified atom stereocenters. The van der Waals surface area contributed by atoms with E-state index in [-0.39, 0.29) is 0 Å². The van der Waals surface area contributed by atoms with Gasteiger partial charge in [0.15, 0.2) is 0 Å². The van der Waals surface area contributed by atoms with Gasteiger partial charge in [-0.3, -0.25) is 0 Å². The van der Waals surface area contributed by atoms with Gasteiger partial charge < -0.3 is 0 Å². The number of nitrogens with zero attached hydrogens (tertiary/aromatic N) is 1. The van der Waals surface area contributed by atoms with Gasteiger partial charge in [-0.25, -0.2) is 5.32 Å². The summed E-state index contributed by atoms with van der Waals surface area (Å²) in [7, 11) is 0. The second-order valence-electron chi connectivity index (χ2n) is 4.95. The van der Waals surface area contributed by atoms with Crippen molar-refractivity contribution in [2.24, 2.45) is 0 Å². The fourth-order valence-corrected chi connectivity index (χ4v) is 2.13. The van der Waals surface area contributed by atoms with Gasteiger partial charge in [0, 0.05) is 11.1 Å². The summed E-state index contributed by atoms with van der Waals surface area (Å²) in [5.74, 6) is 0. The van der Waals surface area contributed by atoms with E-state index >= 15 is 0 Å². The molecule has 2 aromatic carbocycles. The fourth-order valence-electron chi connectivity index (χ4n) is 2.13. The van der Waals surface area contributed by atoms with E-state index in [0.717, 1.165) is 11.4 Å². The average molecular weight is 246 g/mol. The predicted octanol–water partition coefficient (Wildman–Crippen LogP) is 4.30. The Hall–Kier alpha value is -2.28. The summed E-state index contributed by atoms with van der Waals surface area (Å²) < 4.78 is 0. The highest BCUT2D eigenvalue weighted by molar-refractivity contribution is 5.83. The van der Waals surface area contributed by atoms with Gasteiger partial charge in [-0.15, -0.1) is 0 Å². The van der Waals surface area contributed by atoms with Crippen molar-refractivity contribution in [3.05, 3.63) is 82.9 Å². The Morgan fingerprint density at radius 2 is 0.947 bits per heavy atom. The molecule has 1 nitrogen and oxygen atoms in total. The minimum absolute atomic E-state index is 1.04. The topological polar surface area (TPSA) is 14.1 Å². The molecule has 0 atom stereocenters. The van der Waals surface area contributed by atoms with Crippen LogP contribution in [0.1, 0.15) is 22.3 Å². The molecular formula is C18H16N. The van der Waals surface area contributed by atoms with Gasteiger partial charge in [0.2, 0.25) is 0 Å². The van der Waals surface area contributed by atoms with Crippen LogP contribution >= 0.6 is 0 Å². The summed E-state index contributed by atoms with van der Waals surface area (Å²) in [6, 6.07) is 17.0. The third-order valence-corrected chi connectivity index (χ3v) is 3.33. The summed E-state index contributed by atoms with van der Waals surface area (Å²) in [4.78, 5) is 0. The van der Waals surface area contributed by atoms with Crippen molar-refractivity contribution >= 4 is 11.4 Å². The summed E-state index contributed by atoms with van der Waals surface area (Å²) in [6.07, 6.45) is 4.17. The van der Waals surface area contributed by atoms with E-state index in [1.54, 1.807) is 0 Å². The van der Waals surface area contributed by atoms with Gasteiger partial charge in [0.25, 0.3) is 0 Å². The minimum Gasteiger partial charge on any atom is -0.248 e. The van der Waals surface area contributed by atoms with Crippen molar-refractivity contribution < 1.29 is 0 Å². The smallest absolute Gasteiger partial charge is 0.0710 e. The van der Waals surface area contributed by atoms with Crippen LogP contribution in [0.5, 0.6) is 0 Å². The lowest BCUT2D eigenvalue weighted by molar-refractivity contribution is 1.23. The Labute approximate surface area is 114 Å². The van der Waals surface area contributed by atoms with E-state index in [9.17, 15) is 0 Å². The maximum absolute atomic E-state index is 4.71. The Morgan fingerprint density at radius 1 is 0.579 bits per heavy atom. The molecule has 0 spiro atoms. The first kappa shape index (κ1) is 11.8. The van der Waals surface area contributed by atoms with Crippen molar-refractivity contribution in [1.29, 1.82) is 0 Å². The molecule has 1 aliphatic rings. The largest absolute Gasteiger partial charge is 0.248 e.